The molecule has 130 valence electrons. The molecule has 0 unspecified atom stereocenters. The molecule has 23 heavy (non-hydrogen) atoms. The summed E-state index contributed by atoms with van der Waals surface area (Å²) in [6.45, 7) is 4.58. The van der Waals surface area contributed by atoms with Crippen molar-refractivity contribution < 1.29 is 22.5 Å². The van der Waals surface area contributed by atoms with Gasteiger partial charge in [-0.1, -0.05) is 29.6 Å². The van der Waals surface area contributed by atoms with E-state index < -0.39 is 10.8 Å². The largest absolute Gasteiger partial charge is 0.412 e. The van der Waals surface area contributed by atoms with Gasteiger partial charge in [-0.15, -0.1) is 0 Å². The molecule has 0 heterocycles. The van der Waals surface area contributed by atoms with Crippen LogP contribution in [0.3, 0.4) is 0 Å². The third-order valence-electron chi connectivity index (χ3n) is 2.28. The van der Waals surface area contributed by atoms with E-state index in [1.807, 2.05) is 26.0 Å². The van der Waals surface area contributed by atoms with Crippen LogP contribution in [0.1, 0.15) is 19.4 Å². The second-order valence-electron chi connectivity index (χ2n) is 3.93. The van der Waals surface area contributed by atoms with Crippen molar-refractivity contribution in [1.82, 2.24) is 5.32 Å². The van der Waals surface area contributed by atoms with E-state index in [2.05, 4.69) is 5.32 Å². The Hall–Kier alpha value is -0.310. The van der Waals surface area contributed by atoms with E-state index in [9.17, 15) is 9.36 Å². The number of rotatable bonds is 10. The first-order valence-corrected chi connectivity index (χ1v) is 12.9. The Balaban J connectivity index is 2.76. The molecule has 10 heteroatoms. The second kappa shape index (κ2) is 11.3. The van der Waals surface area contributed by atoms with Gasteiger partial charge in [0, 0.05) is 18.4 Å². The van der Waals surface area contributed by atoms with Crippen molar-refractivity contribution in [2.45, 2.75) is 19.6 Å². The minimum Gasteiger partial charge on any atom is -0.410 e. The molecule has 0 atom stereocenters. The van der Waals surface area contributed by atoms with Gasteiger partial charge < -0.3 is 18.4 Å². The maximum absolute atomic E-state index is 12.8. The SMILES string of the molecule is CCOSP(=O)(SCc1ccccc1OC(=O)NC)SOCC. The topological polar surface area (TPSA) is 73.9 Å². The van der Waals surface area contributed by atoms with Gasteiger partial charge in [-0.05, 0) is 19.9 Å². The molecule has 1 amide bonds. The lowest BCUT2D eigenvalue weighted by Crippen LogP contribution is -2.22. The lowest BCUT2D eigenvalue weighted by Gasteiger charge is -2.15. The summed E-state index contributed by atoms with van der Waals surface area (Å²) in [6, 6.07) is 7.13. The van der Waals surface area contributed by atoms with E-state index in [-0.39, 0.29) is 0 Å². The fourth-order valence-electron chi connectivity index (χ4n) is 1.31. The van der Waals surface area contributed by atoms with Crippen LogP contribution < -0.4 is 10.1 Å². The Kier molecular flexibility index (Phi) is 10.2. The van der Waals surface area contributed by atoms with Crippen LogP contribution in [0.4, 0.5) is 4.79 Å². The van der Waals surface area contributed by atoms with Gasteiger partial charge >= 0.3 is 6.09 Å². The molecule has 0 fully saturated rings. The van der Waals surface area contributed by atoms with Crippen molar-refractivity contribution in [3.8, 4) is 5.75 Å². The summed E-state index contributed by atoms with van der Waals surface area (Å²) in [4.78, 5) is 11.4. The fraction of sp³-hybridized carbons (Fsp3) is 0.462. The molecule has 0 aromatic heterocycles. The number of para-hydroxylation sites is 1. The molecule has 0 spiro atoms. The summed E-state index contributed by atoms with van der Waals surface area (Å²) in [6.07, 6.45) is -0.544. The molecule has 1 aromatic rings. The Bertz CT molecular complexity index is 534. The van der Waals surface area contributed by atoms with Gasteiger partial charge in [0.15, 0.2) is 0 Å². The van der Waals surface area contributed by atoms with Gasteiger partial charge in [-0.25, -0.2) is 4.79 Å². The van der Waals surface area contributed by atoms with Crippen LogP contribution in [0.2, 0.25) is 0 Å². The molecule has 0 bridgehead atoms. The molecular formula is C13H20NO5PS3. The number of nitrogens with one attached hydrogen (secondary N) is 1. The summed E-state index contributed by atoms with van der Waals surface area (Å²) in [5, 5.41) is 2.40. The van der Waals surface area contributed by atoms with Gasteiger partial charge in [0.25, 0.3) is 4.75 Å². The Morgan fingerprint density at radius 3 is 2.35 bits per heavy atom. The van der Waals surface area contributed by atoms with Crippen LogP contribution in [-0.2, 0) is 18.7 Å². The first kappa shape index (κ1) is 20.7. The molecule has 1 N–H and O–H groups in total. The number of carbonyl (C=O) groups excluding carboxylic acids is 1. The van der Waals surface area contributed by atoms with Crippen molar-refractivity contribution in [3.63, 3.8) is 0 Å². The maximum Gasteiger partial charge on any atom is 0.412 e. The van der Waals surface area contributed by atoms with Gasteiger partial charge in [0.05, 0.1) is 36.5 Å². The molecule has 0 aliphatic rings. The summed E-state index contributed by atoms with van der Waals surface area (Å²) in [5.74, 6) is 0.846. The maximum atomic E-state index is 12.8. The first-order chi connectivity index (χ1) is 11.0. The summed E-state index contributed by atoms with van der Waals surface area (Å²) in [7, 11) is 1.49. The van der Waals surface area contributed by atoms with Crippen LogP contribution in [0.25, 0.3) is 0 Å². The molecule has 0 aliphatic carbocycles. The minimum absolute atomic E-state index is 0.407. The van der Waals surface area contributed by atoms with Gasteiger partial charge in [0.1, 0.15) is 5.75 Å². The van der Waals surface area contributed by atoms with Gasteiger partial charge in [-0.3, -0.25) is 4.57 Å². The van der Waals surface area contributed by atoms with Gasteiger partial charge in [-0.2, -0.15) is 0 Å². The molecule has 1 rings (SSSR count). The molecular weight excluding hydrogens is 377 g/mol. The number of ether oxygens (including phenoxy) is 1. The number of hydrogen-bond donors (Lipinski definition) is 1. The van der Waals surface area contributed by atoms with Crippen molar-refractivity contribution in [2.24, 2.45) is 0 Å². The third-order valence-corrected chi connectivity index (χ3v) is 11.2. The molecule has 6 nitrogen and oxygen atoms in total. The predicted molar refractivity (Wildman–Crippen MR) is 98.9 cm³/mol. The molecule has 0 radical (unpaired) electrons. The fourth-order valence-corrected chi connectivity index (χ4v) is 8.56. The smallest absolute Gasteiger partial charge is 0.410 e. The molecule has 0 aliphatic heterocycles. The quantitative estimate of drug-likeness (QED) is 0.431. The van der Waals surface area contributed by atoms with Crippen LogP contribution in [0.15, 0.2) is 24.3 Å². The molecule has 0 saturated heterocycles. The highest BCUT2D eigenvalue weighted by Crippen LogP contribution is 2.79. The summed E-state index contributed by atoms with van der Waals surface area (Å²) >= 11 is 3.11. The normalized spacial score (nSPS) is 11.3. The summed E-state index contributed by atoms with van der Waals surface area (Å²) < 4.78 is 25.6. The van der Waals surface area contributed by atoms with Crippen molar-refractivity contribution in [2.75, 3.05) is 20.3 Å². The lowest BCUT2D eigenvalue weighted by atomic mass is 10.2. The number of benzene rings is 1. The van der Waals surface area contributed by atoms with Crippen LogP contribution in [-0.4, -0.2) is 26.4 Å². The van der Waals surface area contributed by atoms with E-state index in [0.29, 0.717) is 24.7 Å². The average Bonchev–Trinajstić information content (AvgIpc) is 2.57. The van der Waals surface area contributed by atoms with E-state index in [0.717, 1.165) is 28.9 Å². The van der Waals surface area contributed by atoms with Crippen LogP contribution in [0.5, 0.6) is 5.75 Å². The standard InChI is InChI=1S/C13H20NO5PS3/c1-4-17-22-20(16,23-18-5-2)21-10-11-8-6-7-9-12(11)19-13(15)14-3/h6-9H,4-5,10H2,1-3H3,(H,14,15). The highest BCUT2D eigenvalue weighted by molar-refractivity contribution is 9.13. The Morgan fingerprint density at radius 1 is 1.17 bits per heavy atom. The molecule has 1 aromatic carbocycles. The zero-order valence-corrected chi connectivity index (χ0v) is 16.5. The van der Waals surface area contributed by atoms with E-state index in [1.165, 1.54) is 18.4 Å². The number of hydrogen-bond acceptors (Lipinski definition) is 8. The molecule has 0 saturated carbocycles. The number of carbonyl (C=O) groups is 1. The van der Waals surface area contributed by atoms with Crippen molar-refractivity contribution >= 4 is 45.5 Å². The highest BCUT2D eigenvalue weighted by atomic mass is 33.4. The first-order valence-electron chi connectivity index (χ1n) is 6.89. The highest BCUT2D eigenvalue weighted by Gasteiger charge is 2.28. The lowest BCUT2D eigenvalue weighted by molar-refractivity contribution is 0.202. The van der Waals surface area contributed by atoms with E-state index >= 15 is 0 Å². The number of amides is 1. The average molecular weight is 397 g/mol. The van der Waals surface area contributed by atoms with Gasteiger partial charge in [0.2, 0.25) is 0 Å². The summed E-state index contributed by atoms with van der Waals surface area (Å²) in [5.41, 5.74) is 0.774. The van der Waals surface area contributed by atoms with Crippen molar-refractivity contribution in [1.29, 1.82) is 0 Å². The second-order valence-corrected chi connectivity index (χ2v) is 14.5. The van der Waals surface area contributed by atoms with Crippen LogP contribution >= 0.6 is 39.5 Å². The minimum atomic E-state index is -2.83. The van der Waals surface area contributed by atoms with E-state index in [1.54, 1.807) is 12.1 Å². The predicted octanol–water partition coefficient (Wildman–Crippen LogP) is 5.12. The third kappa shape index (κ3) is 7.87. The van der Waals surface area contributed by atoms with Crippen molar-refractivity contribution in [3.05, 3.63) is 29.8 Å². The zero-order chi connectivity index (χ0) is 17.1. The Morgan fingerprint density at radius 2 is 1.78 bits per heavy atom. The monoisotopic (exact) mass is 397 g/mol. The van der Waals surface area contributed by atoms with E-state index in [4.69, 9.17) is 13.1 Å². The Labute approximate surface area is 148 Å². The zero-order valence-electron chi connectivity index (χ0n) is 13.1. The van der Waals surface area contributed by atoms with Crippen LogP contribution in [0, 0.1) is 0 Å².